The fourth-order valence-electron chi connectivity index (χ4n) is 7.28. The van der Waals surface area contributed by atoms with Crippen LogP contribution in [-0.4, -0.2) is 106 Å². The number of ether oxygens (including phenoxy) is 5. The van der Waals surface area contributed by atoms with Gasteiger partial charge >= 0.3 is 11.8 Å². The Bertz CT molecular complexity index is 2010. The van der Waals surface area contributed by atoms with Crippen molar-refractivity contribution in [1.82, 2.24) is 4.90 Å². The summed E-state index contributed by atoms with van der Waals surface area (Å²) in [5, 5.41) is 48.3. The Morgan fingerprint density at radius 1 is 0.983 bits per heavy atom. The number of nitrogens with zero attached hydrogens (tertiary/aromatic N) is 1. The lowest BCUT2D eigenvalue weighted by Crippen LogP contribution is -2.46. The van der Waals surface area contributed by atoms with Crippen LogP contribution in [0.3, 0.4) is 0 Å². The van der Waals surface area contributed by atoms with E-state index >= 15 is 0 Å². The number of esters is 1. The van der Waals surface area contributed by atoms with E-state index in [0.29, 0.717) is 0 Å². The van der Waals surface area contributed by atoms with Gasteiger partial charge in [-0.3, -0.25) is 19.2 Å². The van der Waals surface area contributed by atoms with Crippen LogP contribution >= 0.6 is 0 Å². The van der Waals surface area contributed by atoms with Gasteiger partial charge < -0.3 is 54.3 Å². The number of Topliss-reactive ketones (excluding diaryl/α,β-unsaturated/α-hetero) is 1. The van der Waals surface area contributed by atoms with Crippen LogP contribution in [0, 0.1) is 30.6 Å². The van der Waals surface area contributed by atoms with Gasteiger partial charge in [0.1, 0.15) is 23.4 Å². The van der Waals surface area contributed by atoms with Crippen LogP contribution in [0.25, 0.3) is 10.8 Å². The zero-order valence-electron chi connectivity index (χ0n) is 35.3. The van der Waals surface area contributed by atoms with Gasteiger partial charge in [-0.1, -0.05) is 45.9 Å². The molecule has 0 saturated heterocycles. The molecule has 318 valence electrons. The lowest BCUT2D eigenvalue weighted by Gasteiger charge is -2.38. The molecule has 3 aliphatic heterocycles. The number of fused-ring (bicyclic) bond motifs is 14. The summed E-state index contributed by atoms with van der Waals surface area (Å²) in [4.78, 5) is 54.8. The fraction of sp³-hybridized carbons (Fsp3) is 0.535. The third kappa shape index (κ3) is 9.11. The summed E-state index contributed by atoms with van der Waals surface area (Å²) >= 11 is 0. The second-order valence-electron chi connectivity index (χ2n) is 15.8. The molecular weight excluding hydrogens is 752 g/mol. The van der Waals surface area contributed by atoms with Gasteiger partial charge in [0.05, 0.1) is 41.2 Å². The van der Waals surface area contributed by atoms with Gasteiger partial charge in [-0.15, -0.1) is 0 Å². The van der Waals surface area contributed by atoms with Gasteiger partial charge in [0.2, 0.25) is 0 Å². The Morgan fingerprint density at radius 3 is 2.24 bits per heavy atom. The van der Waals surface area contributed by atoms with Gasteiger partial charge in [-0.2, -0.15) is 0 Å². The van der Waals surface area contributed by atoms with Crippen molar-refractivity contribution >= 4 is 40.0 Å². The van der Waals surface area contributed by atoms with Crippen molar-refractivity contribution in [2.75, 3.05) is 26.1 Å². The van der Waals surface area contributed by atoms with E-state index < -0.39 is 95.5 Å². The van der Waals surface area contributed by atoms with Gasteiger partial charge in [0.25, 0.3) is 17.6 Å². The maximum absolute atomic E-state index is 14.4. The van der Waals surface area contributed by atoms with Crippen LogP contribution in [0.4, 0.5) is 5.69 Å². The fourth-order valence-corrected chi connectivity index (χ4v) is 7.28. The van der Waals surface area contributed by atoms with Crippen LogP contribution in [0.15, 0.2) is 42.2 Å². The van der Waals surface area contributed by atoms with Crippen LogP contribution in [0.5, 0.6) is 23.0 Å². The summed E-state index contributed by atoms with van der Waals surface area (Å²) in [5.74, 6) is -8.09. The van der Waals surface area contributed by atoms with E-state index in [0.717, 1.165) is 0 Å². The Balaban J connectivity index is 1.94. The number of phenols is 2. The number of amides is 2. The summed E-state index contributed by atoms with van der Waals surface area (Å²) < 4.78 is 29.7. The minimum absolute atomic E-state index is 0.0615. The predicted molar refractivity (Wildman–Crippen MR) is 216 cm³/mol. The number of carbonyl (C=O) groups is 4. The molecule has 3 aliphatic rings. The van der Waals surface area contributed by atoms with Crippen LogP contribution in [0.2, 0.25) is 0 Å². The van der Waals surface area contributed by atoms with Crippen LogP contribution in [0.1, 0.15) is 78.2 Å². The lowest BCUT2D eigenvalue weighted by atomic mass is 9.78. The molecule has 9 atom stereocenters. The molecule has 15 heteroatoms. The quantitative estimate of drug-likeness (QED) is 0.186. The van der Waals surface area contributed by atoms with Gasteiger partial charge in [0, 0.05) is 80.3 Å². The highest BCUT2D eigenvalue weighted by Crippen LogP contribution is 2.54. The Kier molecular flexibility index (Phi) is 14.3. The van der Waals surface area contributed by atoms with E-state index in [1.165, 1.54) is 64.2 Å². The molecule has 3 heterocycles. The van der Waals surface area contributed by atoms with E-state index in [-0.39, 0.29) is 50.7 Å². The number of aliphatic hydroxyl groups excluding tert-OH is 2. The minimum atomic E-state index is -2.02. The van der Waals surface area contributed by atoms with E-state index in [4.69, 9.17) is 23.7 Å². The molecule has 0 unspecified atom stereocenters. The van der Waals surface area contributed by atoms with E-state index in [2.05, 4.69) is 5.32 Å². The number of hydrogen-bond donors (Lipinski definition) is 5. The number of aliphatic hydroxyl groups is 2. The Labute approximate surface area is 339 Å². The van der Waals surface area contributed by atoms with Crippen molar-refractivity contribution in [1.29, 1.82) is 0 Å². The number of aromatic hydroxyl groups is 2. The van der Waals surface area contributed by atoms with E-state index in [1.807, 2.05) is 13.8 Å². The summed E-state index contributed by atoms with van der Waals surface area (Å²) in [6, 6.07) is 1.10. The van der Waals surface area contributed by atoms with Crippen molar-refractivity contribution in [2.24, 2.45) is 23.7 Å². The molecule has 2 aromatic carbocycles. The Hall–Kier alpha value is -5.12. The Morgan fingerprint density at radius 2 is 1.64 bits per heavy atom. The maximum atomic E-state index is 14.4. The third-order valence-electron chi connectivity index (χ3n) is 11.3. The highest BCUT2D eigenvalue weighted by molar-refractivity contribution is 6.21. The van der Waals surface area contributed by atoms with Crippen molar-refractivity contribution < 1.29 is 63.3 Å². The second-order valence-corrected chi connectivity index (χ2v) is 15.8. The number of likely N-dealkylation sites (N-methyl/N-ethyl adjacent to an activating group) is 1. The van der Waals surface area contributed by atoms with Crippen molar-refractivity contribution in [3.63, 3.8) is 0 Å². The first-order chi connectivity index (χ1) is 27.1. The van der Waals surface area contributed by atoms with Crippen LogP contribution in [-0.2, 0) is 28.6 Å². The molecule has 0 aliphatic carbocycles. The number of hydrogen-bond acceptors (Lipinski definition) is 13. The minimum Gasteiger partial charge on any atom is -0.507 e. The summed E-state index contributed by atoms with van der Waals surface area (Å²) in [6.45, 7) is 15.7. The van der Waals surface area contributed by atoms with E-state index in [1.54, 1.807) is 46.9 Å². The largest absolute Gasteiger partial charge is 0.507 e. The number of allylic oxidation sites excluding steroid dienone is 2. The monoisotopic (exact) mass is 810 g/mol. The van der Waals surface area contributed by atoms with Gasteiger partial charge in [0.15, 0.2) is 12.4 Å². The summed E-state index contributed by atoms with van der Waals surface area (Å²) in [7, 11) is 3.04. The highest BCUT2D eigenvalue weighted by Gasteiger charge is 2.49. The van der Waals surface area contributed by atoms with Gasteiger partial charge in [-0.05, 0) is 33.8 Å². The molecule has 2 amide bonds. The molecule has 58 heavy (non-hydrogen) atoms. The number of benzene rings is 2. The normalized spacial score (nSPS) is 30.2. The van der Waals surface area contributed by atoms with Crippen molar-refractivity contribution in [2.45, 2.75) is 105 Å². The third-order valence-corrected chi connectivity index (χ3v) is 11.3. The molecule has 5 bridgehead atoms. The highest BCUT2D eigenvalue weighted by atomic mass is 16.7. The molecule has 5 rings (SSSR count). The number of anilines is 1. The number of carbonyl (C=O) groups excluding carboxylic acids is 4. The first kappa shape index (κ1) is 45.6. The molecule has 0 fully saturated rings. The maximum Gasteiger partial charge on any atom is 0.312 e. The van der Waals surface area contributed by atoms with Crippen LogP contribution < -0.4 is 14.8 Å². The molecule has 0 spiro atoms. The number of nitrogens with one attached hydrogen (secondary N) is 1. The van der Waals surface area contributed by atoms with Crippen molar-refractivity contribution in [3.05, 3.63) is 53.3 Å². The number of methoxy groups -OCH3 is 1. The molecule has 15 nitrogen and oxygen atoms in total. The number of phenolic OH excluding ortho intramolecular Hbond substituents is 2. The first-order valence-corrected chi connectivity index (χ1v) is 19.3. The molecular formula is C43H58N2O13. The average Bonchev–Trinajstić information content (AvgIpc) is 3.44. The van der Waals surface area contributed by atoms with Crippen molar-refractivity contribution in [3.8, 4) is 23.0 Å². The molecule has 2 aromatic rings. The summed E-state index contributed by atoms with van der Waals surface area (Å²) in [5.41, 5.74) is -0.0251. The first-order valence-electron chi connectivity index (χ1n) is 19.3. The number of ketones is 1. The average molecular weight is 811 g/mol. The lowest BCUT2D eigenvalue weighted by molar-refractivity contribution is -0.160. The zero-order valence-corrected chi connectivity index (χ0v) is 35.3. The molecule has 0 aromatic heterocycles. The van der Waals surface area contributed by atoms with E-state index in [9.17, 15) is 39.6 Å². The second kappa shape index (κ2) is 18.2. The summed E-state index contributed by atoms with van der Waals surface area (Å²) in [6.07, 6.45) is 3.58. The standard InChI is InChI=1S/C43H58N2O13/c1-20(2)45(11)31(47)19-55-30-18-28-38(51)33-32(30)34-40(26(8)37(33)50)58-43(10,41(34)52)56-17-16-29(54-12)23(5)39(57-27(9)46)25(7)36(49)24(6)35(48)21(3)14-13-15-22(4)42(53)44-28/h13-18,20-21,23-25,29,35-36,39,48-51H,19H2,1-12H3,(H,44,53)/b14-13+,17-16+,22-15-/t21-,23-,24-,25-,29+,35-,36+,39-,43+/m1/s1. The topological polar surface area (TPSA) is 211 Å². The predicted octanol–water partition coefficient (Wildman–Crippen LogP) is 5.29. The zero-order chi connectivity index (χ0) is 43.5. The smallest absolute Gasteiger partial charge is 0.312 e. The SMILES string of the molecule is CO[C@H]1/C=C/O[C@@]2(C)Oc3c(C)c(O)c4c(O)c(cc(OCC(=O)N(C)C(C)C)c4c3C2=O)NC(=O)/C(C)=C\C=C\[C@@H](C)[C@@H](O)[C@@H](C)[C@H](O)[C@@H](C)[C@H](OC(C)=O)[C@@H]1C. The molecule has 0 radical (unpaired) electrons. The molecule has 0 saturated carbocycles. The molecule has 5 N–H and O–H groups in total. The number of rotatable bonds is 6. The van der Waals surface area contributed by atoms with Gasteiger partial charge in [-0.25, -0.2) is 0 Å².